The van der Waals surface area contributed by atoms with Gasteiger partial charge in [0.1, 0.15) is 0 Å². The first-order chi connectivity index (χ1) is 11.2. The van der Waals surface area contributed by atoms with E-state index in [1.54, 1.807) is 0 Å². The Labute approximate surface area is 133 Å². The number of benzene rings is 1. The van der Waals surface area contributed by atoms with Crippen LogP contribution in [0.15, 0.2) is 42.6 Å². The molecule has 0 saturated carbocycles. The van der Waals surface area contributed by atoms with Gasteiger partial charge in [-0.2, -0.15) is 0 Å². The average molecular weight is 310 g/mol. The summed E-state index contributed by atoms with van der Waals surface area (Å²) in [6.45, 7) is 2.57. The first kappa shape index (κ1) is 13.9. The standard InChI is InChI=1S/C17H18N4O2/c22-17(23)20-9-4-8-19(11-12-20)16-15-7-3-10-21(15)14-6-2-1-5-13(14)18-16/h1-3,5-7,10H,4,8-9,11-12H2,(H,22,23). The molecule has 4 rings (SSSR count). The molecule has 0 spiro atoms. The van der Waals surface area contributed by atoms with Crippen molar-refractivity contribution in [3.63, 3.8) is 0 Å². The van der Waals surface area contributed by atoms with Crippen LogP contribution in [0.25, 0.3) is 16.6 Å². The summed E-state index contributed by atoms with van der Waals surface area (Å²) in [7, 11) is 0. The predicted molar refractivity (Wildman–Crippen MR) is 89.1 cm³/mol. The van der Waals surface area contributed by atoms with Gasteiger partial charge >= 0.3 is 6.09 Å². The summed E-state index contributed by atoms with van der Waals surface area (Å²) < 4.78 is 2.15. The molecule has 118 valence electrons. The van der Waals surface area contributed by atoms with E-state index in [0.717, 1.165) is 35.3 Å². The van der Waals surface area contributed by atoms with Crippen LogP contribution in [0, 0.1) is 0 Å². The molecule has 1 amide bonds. The van der Waals surface area contributed by atoms with Crippen molar-refractivity contribution in [2.45, 2.75) is 6.42 Å². The number of hydrogen-bond acceptors (Lipinski definition) is 3. The Morgan fingerprint density at radius 2 is 1.83 bits per heavy atom. The summed E-state index contributed by atoms with van der Waals surface area (Å²) in [5.41, 5.74) is 3.09. The Morgan fingerprint density at radius 1 is 1.00 bits per heavy atom. The van der Waals surface area contributed by atoms with E-state index in [9.17, 15) is 9.90 Å². The molecule has 0 aliphatic carbocycles. The molecule has 0 radical (unpaired) electrons. The van der Waals surface area contributed by atoms with Gasteiger partial charge < -0.3 is 19.3 Å². The van der Waals surface area contributed by atoms with E-state index in [4.69, 9.17) is 4.98 Å². The number of para-hydroxylation sites is 2. The summed E-state index contributed by atoms with van der Waals surface area (Å²) in [5, 5.41) is 9.19. The lowest BCUT2D eigenvalue weighted by Crippen LogP contribution is -2.34. The molecule has 1 aliphatic rings. The summed E-state index contributed by atoms with van der Waals surface area (Å²) in [6.07, 6.45) is 2.02. The van der Waals surface area contributed by atoms with Crippen molar-refractivity contribution in [3.8, 4) is 0 Å². The van der Waals surface area contributed by atoms with Gasteiger partial charge in [0.15, 0.2) is 5.82 Å². The second-order valence-corrected chi connectivity index (χ2v) is 5.80. The molecular weight excluding hydrogens is 292 g/mol. The largest absolute Gasteiger partial charge is 0.465 e. The zero-order chi connectivity index (χ0) is 15.8. The maximum atomic E-state index is 11.2. The van der Waals surface area contributed by atoms with Crippen molar-refractivity contribution in [3.05, 3.63) is 42.6 Å². The zero-order valence-corrected chi connectivity index (χ0v) is 12.7. The number of carboxylic acid groups (broad SMARTS) is 1. The third-order valence-corrected chi connectivity index (χ3v) is 4.41. The quantitative estimate of drug-likeness (QED) is 0.750. The highest BCUT2D eigenvalue weighted by atomic mass is 16.4. The van der Waals surface area contributed by atoms with Crippen LogP contribution >= 0.6 is 0 Å². The van der Waals surface area contributed by atoms with Gasteiger partial charge in [-0.15, -0.1) is 0 Å². The van der Waals surface area contributed by atoms with E-state index in [-0.39, 0.29) is 0 Å². The van der Waals surface area contributed by atoms with Crippen molar-refractivity contribution in [2.75, 3.05) is 31.1 Å². The lowest BCUT2D eigenvalue weighted by atomic mass is 10.3. The van der Waals surface area contributed by atoms with Gasteiger partial charge in [-0.1, -0.05) is 12.1 Å². The van der Waals surface area contributed by atoms with Crippen LogP contribution < -0.4 is 4.90 Å². The first-order valence-corrected chi connectivity index (χ1v) is 7.83. The fraction of sp³-hybridized carbons (Fsp3) is 0.294. The molecular formula is C17H18N4O2. The SMILES string of the molecule is O=C(O)N1CCCN(c2nc3ccccc3n3cccc23)CC1. The first-order valence-electron chi connectivity index (χ1n) is 7.83. The van der Waals surface area contributed by atoms with E-state index in [1.165, 1.54) is 4.90 Å². The molecule has 23 heavy (non-hydrogen) atoms. The highest BCUT2D eigenvalue weighted by Crippen LogP contribution is 2.26. The van der Waals surface area contributed by atoms with Gasteiger partial charge in [0.25, 0.3) is 0 Å². The molecule has 1 N–H and O–H groups in total. The minimum absolute atomic E-state index is 0.511. The molecule has 2 aromatic heterocycles. The van der Waals surface area contributed by atoms with E-state index in [1.807, 2.05) is 30.5 Å². The highest BCUT2D eigenvalue weighted by molar-refractivity contribution is 5.85. The van der Waals surface area contributed by atoms with Gasteiger partial charge in [0.05, 0.1) is 16.6 Å². The minimum atomic E-state index is -0.842. The molecule has 0 atom stereocenters. The monoisotopic (exact) mass is 310 g/mol. The molecule has 3 aromatic rings. The van der Waals surface area contributed by atoms with Gasteiger partial charge in [-0.25, -0.2) is 9.78 Å². The normalized spacial score (nSPS) is 16.0. The van der Waals surface area contributed by atoms with Crippen molar-refractivity contribution in [2.24, 2.45) is 0 Å². The zero-order valence-electron chi connectivity index (χ0n) is 12.7. The number of anilines is 1. The van der Waals surface area contributed by atoms with Crippen molar-refractivity contribution in [1.82, 2.24) is 14.3 Å². The van der Waals surface area contributed by atoms with Crippen molar-refractivity contribution < 1.29 is 9.90 Å². The number of rotatable bonds is 1. The van der Waals surface area contributed by atoms with Crippen LogP contribution in [-0.2, 0) is 0 Å². The summed E-state index contributed by atoms with van der Waals surface area (Å²) in [6, 6.07) is 12.2. The number of aromatic nitrogens is 2. The summed E-state index contributed by atoms with van der Waals surface area (Å²) in [5.74, 6) is 0.931. The maximum absolute atomic E-state index is 11.2. The van der Waals surface area contributed by atoms with Gasteiger partial charge in [-0.05, 0) is 30.7 Å². The maximum Gasteiger partial charge on any atom is 0.407 e. The topological polar surface area (TPSA) is 61.1 Å². The van der Waals surface area contributed by atoms with Crippen LogP contribution in [0.5, 0.6) is 0 Å². The van der Waals surface area contributed by atoms with E-state index < -0.39 is 6.09 Å². The lowest BCUT2D eigenvalue weighted by molar-refractivity contribution is 0.148. The van der Waals surface area contributed by atoms with Crippen LogP contribution in [-0.4, -0.2) is 51.7 Å². The van der Waals surface area contributed by atoms with E-state index in [0.29, 0.717) is 19.6 Å². The average Bonchev–Trinajstić information content (AvgIpc) is 2.92. The Morgan fingerprint density at radius 3 is 2.70 bits per heavy atom. The van der Waals surface area contributed by atoms with E-state index in [2.05, 4.69) is 21.4 Å². The Balaban J connectivity index is 1.78. The Hall–Kier alpha value is -2.76. The van der Waals surface area contributed by atoms with Gasteiger partial charge in [-0.3, -0.25) is 0 Å². The molecule has 6 nitrogen and oxygen atoms in total. The lowest BCUT2D eigenvalue weighted by Gasteiger charge is -2.23. The second kappa shape index (κ2) is 5.46. The van der Waals surface area contributed by atoms with Crippen LogP contribution in [0.2, 0.25) is 0 Å². The molecule has 6 heteroatoms. The van der Waals surface area contributed by atoms with Crippen LogP contribution in [0.3, 0.4) is 0 Å². The molecule has 1 saturated heterocycles. The predicted octanol–water partition coefficient (Wildman–Crippen LogP) is 2.68. The molecule has 0 bridgehead atoms. The number of nitrogens with zero attached hydrogens (tertiary/aromatic N) is 4. The molecule has 3 heterocycles. The molecule has 0 unspecified atom stereocenters. The fourth-order valence-corrected chi connectivity index (χ4v) is 3.26. The number of fused-ring (bicyclic) bond motifs is 3. The number of hydrogen-bond donors (Lipinski definition) is 1. The smallest absolute Gasteiger partial charge is 0.407 e. The summed E-state index contributed by atoms with van der Waals surface area (Å²) in [4.78, 5) is 19.7. The van der Waals surface area contributed by atoms with Gasteiger partial charge in [0, 0.05) is 32.4 Å². The second-order valence-electron chi connectivity index (χ2n) is 5.80. The van der Waals surface area contributed by atoms with E-state index >= 15 is 0 Å². The number of amides is 1. The third kappa shape index (κ3) is 2.36. The Bertz CT molecular complexity index is 873. The fourth-order valence-electron chi connectivity index (χ4n) is 3.26. The molecule has 1 aromatic carbocycles. The van der Waals surface area contributed by atoms with Crippen LogP contribution in [0.1, 0.15) is 6.42 Å². The minimum Gasteiger partial charge on any atom is -0.465 e. The molecule has 1 aliphatic heterocycles. The van der Waals surface area contributed by atoms with Gasteiger partial charge in [0.2, 0.25) is 0 Å². The Kier molecular flexibility index (Phi) is 3.29. The van der Waals surface area contributed by atoms with Crippen molar-refractivity contribution >= 4 is 28.5 Å². The van der Waals surface area contributed by atoms with Crippen LogP contribution in [0.4, 0.5) is 10.6 Å². The number of carbonyl (C=O) groups is 1. The van der Waals surface area contributed by atoms with Crippen molar-refractivity contribution in [1.29, 1.82) is 0 Å². The third-order valence-electron chi connectivity index (χ3n) is 4.41. The summed E-state index contributed by atoms with van der Waals surface area (Å²) >= 11 is 0. The molecule has 1 fully saturated rings. The highest BCUT2D eigenvalue weighted by Gasteiger charge is 2.21.